The third-order valence-electron chi connectivity index (χ3n) is 4.28. The highest BCUT2D eigenvalue weighted by Gasteiger charge is 2.24. The van der Waals surface area contributed by atoms with Gasteiger partial charge in [-0.15, -0.1) is 11.3 Å². The second-order valence-electron chi connectivity index (χ2n) is 6.75. The average Bonchev–Trinajstić information content (AvgIpc) is 3.22. The van der Waals surface area contributed by atoms with Crippen molar-refractivity contribution in [2.45, 2.75) is 31.3 Å². The Morgan fingerprint density at radius 3 is 2.47 bits per heavy atom. The number of carbonyl (C=O) groups is 1. The van der Waals surface area contributed by atoms with E-state index in [4.69, 9.17) is 15.8 Å². The third kappa shape index (κ3) is 5.19. The van der Waals surface area contributed by atoms with Gasteiger partial charge in [0.15, 0.2) is 0 Å². The Labute approximate surface area is 183 Å². The van der Waals surface area contributed by atoms with Crippen LogP contribution in [0.4, 0.5) is 4.39 Å². The molecule has 0 aliphatic carbocycles. The second-order valence-corrected chi connectivity index (χ2v) is 9.68. The number of hydrogen-bond acceptors (Lipinski definition) is 5. The molecule has 0 saturated heterocycles. The Hall–Kier alpha value is -2.42. The summed E-state index contributed by atoms with van der Waals surface area (Å²) in [5.74, 6) is -0.679. The zero-order valence-electron chi connectivity index (χ0n) is 16.2. The number of carbonyl (C=O) groups excluding carboxylic acids is 1. The quantitative estimate of drug-likeness (QED) is 0.439. The van der Waals surface area contributed by atoms with Crippen molar-refractivity contribution in [2.24, 2.45) is 0 Å². The highest BCUT2D eigenvalue weighted by molar-refractivity contribution is 7.87. The topological polar surface area (TPSA) is 63.7 Å². The maximum Gasteiger partial charge on any atom is 0.339 e. The van der Waals surface area contributed by atoms with Gasteiger partial charge in [0.05, 0.1) is 11.4 Å². The minimum Gasteiger partial charge on any atom is -0.379 e. The third-order valence-corrected chi connectivity index (χ3v) is 6.62. The summed E-state index contributed by atoms with van der Waals surface area (Å²) < 4.78 is 43.7. The van der Waals surface area contributed by atoms with E-state index in [0.717, 1.165) is 24.3 Å². The molecule has 0 saturated carbocycles. The van der Waals surface area contributed by atoms with Gasteiger partial charge >= 0.3 is 10.1 Å². The first kappa shape index (κ1) is 22.3. The van der Waals surface area contributed by atoms with E-state index < -0.39 is 15.9 Å². The van der Waals surface area contributed by atoms with Crippen molar-refractivity contribution in [1.82, 2.24) is 4.90 Å². The predicted molar refractivity (Wildman–Crippen MR) is 115 cm³/mol. The molecular weight excluding hydrogens is 449 g/mol. The standard InChI is InChI=1S/C21H19ClFNO4S2/c1-14(2)24(21(25)20-4-3-11-29-20)13-15-12-16(22)5-10-19(15)28-30(26,27)18-8-6-17(23)7-9-18/h3-12,14H,13H2,1-2H3. The lowest BCUT2D eigenvalue weighted by Gasteiger charge is -2.27. The molecule has 0 spiro atoms. The Morgan fingerprint density at radius 1 is 1.17 bits per heavy atom. The van der Waals surface area contributed by atoms with E-state index >= 15 is 0 Å². The lowest BCUT2D eigenvalue weighted by molar-refractivity contribution is 0.0695. The van der Waals surface area contributed by atoms with E-state index in [0.29, 0.717) is 15.5 Å². The van der Waals surface area contributed by atoms with Crippen molar-refractivity contribution >= 4 is 39.0 Å². The summed E-state index contributed by atoms with van der Waals surface area (Å²) in [7, 11) is -4.20. The van der Waals surface area contributed by atoms with Crippen LogP contribution in [0, 0.1) is 5.82 Å². The molecule has 5 nitrogen and oxygen atoms in total. The molecule has 0 radical (unpaired) electrons. The maximum absolute atomic E-state index is 13.1. The fourth-order valence-corrected chi connectivity index (χ4v) is 4.57. The van der Waals surface area contributed by atoms with Gasteiger partial charge in [-0.25, -0.2) is 4.39 Å². The van der Waals surface area contributed by atoms with Gasteiger partial charge in [0.25, 0.3) is 5.91 Å². The fourth-order valence-electron chi connectivity index (χ4n) is 2.73. The van der Waals surface area contributed by atoms with Gasteiger partial charge in [0, 0.05) is 16.6 Å². The fraction of sp³-hybridized carbons (Fsp3) is 0.190. The molecule has 3 aromatic rings. The Bertz CT molecular complexity index is 1130. The molecule has 3 rings (SSSR count). The Balaban J connectivity index is 1.93. The lowest BCUT2D eigenvalue weighted by Crippen LogP contribution is -2.36. The molecule has 0 aliphatic rings. The summed E-state index contributed by atoms with van der Waals surface area (Å²) in [5.41, 5.74) is 0.437. The van der Waals surface area contributed by atoms with Crippen LogP contribution in [-0.4, -0.2) is 25.3 Å². The zero-order chi connectivity index (χ0) is 21.9. The van der Waals surface area contributed by atoms with Crippen LogP contribution < -0.4 is 4.18 Å². The van der Waals surface area contributed by atoms with Gasteiger partial charge in [0.2, 0.25) is 0 Å². The van der Waals surface area contributed by atoms with Crippen LogP contribution >= 0.6 is 22.9 Å². The van der Waals surface area contributed by atoms with Crippen molar-refractivity contribution in [2.75, 3.05) is 0 Å². The van der Waals surface area contributed by atoms with E-state index in [9.17, 15) is 17.6 Å². The van der Waals surface area contributed by atoms with E-state index in [-0.39, 0.29) is 29.1 Å². The summed E-state index contributed by atoms with van der Waals surface area (Å²) in [6, 6.07) is 12.2. The summed E-state index contributed by atoms with van der Waals surface area (Å²) >= 11 is 7.44. The van der Waals surface area contributed by atoms with E-state index in [1.54, 1.807) is 23.1 Å². The number of benzene rings is 2. The van der Waals surface area contributed by atoms with E-state index in [2.05, 4.69) is 0 Å². The van der Waals surface area contributed by atoms with E-state index in [1.807, 2.05) is 19.2 Å². The van der Waals surface area contributed by atoms with Crippen LogP contribution in [0.25, 0.3) is 0 Å². The van der Waals surface area contributed by atoms with Gasteiger partial charge in [-0.3, -0.25) is 4.79 Å². The molecule has 0 bridgehead atoms. The summed E-state index contributed by atoms with van der Waals surface area (Å²) in [4.78, 5) is 14.9. The molecular formula is C21H19ClFNO4S2. The van der Waals surface area contributed by atoms with Crippen molar-refractivity contribution < 1.29 is 21.8 Å². The van der Waals surface area contributed by atoms with Crippen LogP contribution in [0.1, 0.15) is 29.1 Å². The molecule has 30 heavy (non-hydrogen) atoms. The van der Waals surface area contributed by atoms with Gasteiger partial charge < -0.3 is 9.08 Å². The van der Waals surface area contributed by atoms with Crippen LogP contribution in [0.3, 0.4) is 0 Å². The largest absolute Gasteiger partial charge is 0.379 e. The van der Waals surface area contributed by atoms with Gasteiger partial charge in [-0.1, -0.05) is 17.7 Å². The molecule has 0 fully saturated rings. The van der Waals surface area contributed by atoms with Gasteiger partial charge in [-0.2, -0.15) is 8.42 Å². The SMILES string of the molecule is CC(C)N(Cc1cc(Cl)ccc1OS(=O)(=O)c1ccc(F)cc1)C(=O)c1cccs1. The zero-order valence-corrected chi connectivity index (χ0v) is 18.6. The molecule has 158 valence electrons. The van der Waals surface area contributed by atoms with Gasteiger partial charge in [0.1, 0.15) is 16.5 Å². The van der Waals surface area contributed by atoms with Crippen LogP contribution in [0.5, 0.6) is 5.75 Å². The molecule has 1 aromatic heterocycles. The first-order chi connectivity index (χ1) is 14.2. The van der Waals surface area contributed by atoms with Crippen molar-refractivity contribution in [3.05, 3.63) is 81.3 Å². The van der Waals surface area contributed by atoms with Gasteiger partial charge in [-0.05, 0) is 67.8 Å². The lowest BCUT2D eigenvalue weighted by atomic mass is 10.1. The van der Waals surface area contributed by atoms with Crippen molar-refractivity contribution in [1.29, 1.82) is 0 Å². The maximum atomic E-state index is 13.1. The molecule has 2 aromatic carbocycles. The number of nitrogens with zero attached hydrogens (tertiary/aromatic N) is 1. The van der Waals surface area contributed by atoms with Crippen molar-refractivity contribution in [3.63, 3.8) is 0 Å². The normalized spacial score (nSPS) is 11.5. The highest BCUT2D eigenvalue weighted by Crippen LogP contribution is 2.29. The van der Waals surface area contributed by atoms with Crippen LogP contribution in [0.2, 0.25) is 5.02 Å². The number of amides is 1. The van der Waals surface area contributed by atoms with Crippen molar-refractivity contribution in [3.8, 4) is 5.75 Å². The van der Waals surface area contributed by atoms with Crippen LogP contribution in [-0.2, 0) is 16.7 Å². The molecule has 0 N–H and O–H groups in total. The Morgan fingerprint density at radius 2 is 1.87 bits per heavy atom. The number of thiophene rings is 1. The smallest absolute Gasteiger partial charge is 0.339 e. The van der Waals surface area contributed by atoms with Crippen LogP contribution in [0.15, 0.2) is 64.9 Å². The Kier molecular flexibility index (Phi) is 6.80. The summed E-state index contributed by atoms with van der Waals surface area (Å²) in [6.45, 7) is 3.83. The number of halogens is 2. The highest BCUT2D eigenvalue weighted by atomic mass is 35.5. The first-order valence-corrected chi connectivity index (χ1v) is 11.7. The number of rotatable bonds is 7. The molecule has 1 amide bonds. The number of hydrogen-bond donors (Lipinski definition) is 0. The molecule has 0 atom stereocenters. The van der Waals surface area contributed by atoms with E-state index in [1.165, 1.54) is 23.5 Å². The first-order valence-electron chi connectivity index (χ1n) is 9.00. The molecule has 0 unspecified atom stereocenters. The minimum atomic E-state index is -4.20. The summed E-state index contributed by atoms with van der Waals surface area (Å²) in [6.07, 6.45) is 0. The summed E-state index contributed by atoms with van der Waals surface area (Å²) in [5, 5.41) is 2.19. The minimum absolute atomic E-state index is 0.0494. The predicted octanol–water partition coefficient (Wildman–Crippen LogP) is 5.36. The monoisotopic (exact) mass is 467 g/mol. The second kappa shape index (κ2) is 9.16. The average molecular weight is 468 g/mol. The molecule has 9 heteroatoms. The molecule has 1 heterocycles. The molecule has 0 aliphatic heterocycles.